The zero-order valence-corrected chi connectivity index (χ0v) is 15.9. The van der Waals surface area contributed by atoms with Crippen LogP contribution < -0.4 is 4.72 Å². The van der Waals surface area contributed by atoms with Gasteiger partial charge in [-0.15, -0.1) is 11.3 Å². The number of nitrogens with one attached hydrogen (secondary N) is 1. The smallest absolute Gasteiger partial charge is 0.258 e. The first-order chi connectivity index (χ1) is 13.4. The van der Waals surface area contributed by atoms with Crippen LogP contribution in [-0.4, -0.2) is 18.3 Å². The van der Waals surface area contributed by atoms with E-state index in [0.29, 0.717) is 11.3 Å². The highest BCUT2D eigenvalue weighted by molar-refractivity contribution is 7.93. The number of nitro groups is 1. The van der Waals surface area contributed by atoms with Crippen LogP contribution >= 0.6 is 11.3 Å². The van der Waals surface area contributed by atoms with Gasteiger partial charge in [-0.25, -0.2) is 13.4 Å². The average Bonchev–Trinajstić information content (AvgIpc) is 3.15. The first kappa shape index (κ1) is 18.1. The normalized spacial score (nSPS) is 11.4. The fourth-order valence-corrected chi connectivity index (χ4v) is 4.72. The fraction of sp³-hybridized carbons (Fsp3) is 0. The van der Waals surface area contributed by atoms with E-state index >= 15 is 0 Å². The predicted molar refractivity (Wildman–Crippen MR) is 109 cm³/mol. The van der Waals surface area contributed by atoms with E-state index in [0.717, 1.165) is 22.1 Å². The lowest BCUT2D eigenvalue weighted by Crippen LogP contribution is -2.12. The van der Waals surface area contributed by atoms with E-state index in [9.17, 15) is 18.5 Å². The van der Waals surface area contributed by atoms with Crippen molar-refractivity contribution in [2.75, 3.05) is 4.72 Å². The molecule has 0 spiro atoms. The molecule has 1 aromatic heterocycles. The van der Waals surface area contributed by atoms with Crippen molar-refractivity contribution >= 4 is 43.0 Å². The van der Waals surface area contributed by atoms with Gasteiger partial charge < -0.3 is 0 Å². The highest BCUT2D eigenvalue weighted by Gasteiger charge is 2.17. The molecule has 4 rings (SSSR count). The van der Waals surface area contributed by atoms with Crippen LogP contribution in [0, 0.1) is 10.1 Å². The summed E-state index contributed by atoms with van der Waals surface area (Å²) in [6.45, 7) is 0. The third kappa shape index (κ3) is 3.57. The van der Waals surface area contributed by atoms with Gasteiger partial charge in [0.25, 0.3) is 15.7 Å². The van der Waals surface area contributed by atoms with E-state index in [2.05, 4.69) is 9.71 Å². The van der Waals surface area contributed by atoms with E-state index in [1.807, 2.05) is 24.3 Å². The second kappa shape index (κ2) is 7.02. The largest absolute Gasteiger partial charge is 0.269 e. The Kier molecular flexibility index (Phi) is 4.54. The summed E-state index contributed by atoms with van der Waals surface area (Å²) in [4.78, 5) is 14.7. The highest BCUT2D eigenvalue weighted by Crippen LogP contribution is 2.28. The minimum atomic E-state index is -3.78. The van der Waals surface area contributed by atoms with Crippen LogP contribution in [0.5, 0.6) is 0 Å². The highest BCUT2D eigenvalue weighted by atomic mass is 32.2. The second-order valence-corrected chi connectivity index (χ2v) is 8.50. The Morgan fingerprint density at radius 1 is 0.964 bits per heavy atom. The zero-order chi connectivity index (χ0) is 19.7. The summed E-state index contributed by atoms with van der Waals surface area (Å²) in [6, 6.07) is 18.4. The molecule has 0 fully saturated rings. The van der Waals surface area contributed by atoms with Gasteiger partial charge in [-0.05, 0) is 35.0 Å². The summed E-state index contributed by atoms with van der Waals surface area (Å²) >= 11 is 1.14. The summed E-state index contributed by atoms with van der Waals surface area (Å²) in [5.41, 5.74) is 1.19. The molecular weight excluding hydrogens is 398 g/mol. The van der Waals surface area contributed by atoms with Crippen molar-refractivity contribution in [2.24, 2.45) is 0 Å². The van der Waals surface area contributed by atoms with Crippen molar-refractivity contribution in [1.82, 2.24) is 4.98 Å². The summed E-state index contributed by atoms with van der Waals surface area (Å²) in [7, 11) is -3.78. The van der Waals surface area contributed by atoms with Gasteiger partial charge in [0.15, 0.2) is 5.13 Å². The van der Waals surface area contributed by atoms with Crippen LogP contribution in [0.3, 0.4) is 0 Å². The van der Waals surface area contributed by atoms with Crippen LogP contribution in [-0.2, 0) is 10.0 Å². The van der Waals surface area contributed by atoms with Crippen molar-refractivity contribution in [3.05, 3.63) is 82.2 Å². The lowest BCUT2D eigenvalue weighted by Gasteiger charge is -2.06. The van der Waals surface area contributed by atoms with Crippen molar-refractivity contribution in [2.45, 2.75) is 4.90 Å². The molecule has 1 heterocycles. The predicted octanol–water partition coefficient (Wildman–Crippen LogP) is 4.67. The molecule has 0 aliphatic rings. The van der Waals surface area contributed by atoms with Gasteiger partial charge in [0, 0.05) is 23.1 Å². The maximum Gasteiger partial charge on any atom is 0.269 e. The molecule has 0 aliphatic carbocycles. The molecule has 28 heavy (non-hydrogen) atoms. The van der Waals surface area contributed by atoms with Crippen LogP contribution in [0.25, 0.3) is 22.0 Å². The van der Waals surface area contributed by atoms with Gasteiger partial charge >= 0.3 is 0 Å². The Morgan fingerprint density at radius 3 is 2.39 bits per heavy atom. The van der Waals surface area contributed by atoms with Crippen LogP contribution in [0.15, 0.2) is 77.0 Å². The molecule has 3 aromatic carbocycles. The topological polar surface area (TPSA) is 102 Å². The molecule has 0 bridgehead atoms. The van der Waals surface area contributed by atoms with Gasteiger partial charge in [0.05, 0.1) is 15.5 Å². The van der Waals surface area contributed by atoms with Gasteiger partial charge in [-0.1, -0.05) is 30.3 Å². The maximum absolute atomic E-state index is 12.7. The van der Waals surface area contributed by atoms with Gasteiger partial charge in [0.2, 0.25) is 0 Å². The minimum absolute atomic E-state index is 0.0174. The standard InChI is InChI=1S/C19H13N3O4S2/c23-22(24)16-8-5-14(6-9-16)18-12-27-19(20-18)21-28(25,26)17-10-7-13-3-1-2-4-15(13)11-17/h1-12H,(H,20,21). The molecule has 140 valence electrons. The van der Waals surface area contributed by atoms with Crippen molar-refractivity contribution in [3.63, 3.8) is 0 Å². The molecule has 0 atom stereocenters. The molecule has 7 nitrogen and oxygen atoms in total. The first-order valence-corrected chi connectivity index (χ1v) is 10.5. The third-order valence-corrected chi connectivity index (χ3v) is 6.35. The number of hydrogen-bond donors (Lipinski definition) is 1. The molecule has 0 saturated carbocycles. The molecule has 4 aromatic rings. The number of sulfonamides is 1. The summed E-state index contributed by atoms with van der Waals surface area (Å²) in [6.07, 6.45) is 0. The van der Waals surface area contributed by atoms with Crippen molar-refractivity contribution in [1.29, 1.82) is 0 Å². The number of aromatic nitrogens is 1. The fourth-order valence-electron chi connectivity index (χ4n) is 2.72. The number of nitro benzene ring substituents is 1. The number of fused-ring (bicyclic) bond motifs is 1. The summed E-state index contributed by atoms with van der Waals surface area (Å²) in [5.74, 6) is 0. The second-order valence-electron chi connectivity index (χ2n) is 5.96. The Hall–Kier alpha value is -3.30. The van der Waals surface area contributed by atoms with E-state index in [1.165, 1.54) is 12.1 Å². The summed E-state index contributed by atoms with van der Waals surface area (Å²) in [5, 5.41) is 14.4. The number of hydrogen-bond acceptors (Lipinski definition) is 6. The SMILES string of the molecule is O=[N+]([O-])c1ccc(-c2csc(NS(=O)(=O)c3ccc4ccccc4c3)n2)cc1. The number of rotatable bonds is 5. The zero-order valence-electron chi connectivity index (χ0n) is 14.3. The number of anilines is 1. The molecule has 1 N–H and O–H groups in total. The lowest BCUT2D eigenvalue weighted by molar-refractivity contribution is -0.384. The molecular formula is C19H13N3O4S2. The Bertz CT molecular complexity index is 1280. The number of thiazole rings is 1. The number of benzene rings is 3. The molecule has 0 radical (unpaired) electrons. The molecule has 0 saturated heterocycles. The van der Waals surface area contributed by atoms with Gasteiger partial charge in [0.1, 0.15) is 0 Å². The minimum Gasteiger partial charge on any atom is -0.258 e. The quantitative estimate of drug-likeness (QED) is 0.380. The monoisotopic (exact) mass is 411 g/mol. The molecule has 0 aliphatic heterocycles. The van der Waals surface area contributed by atoms with E-state index in [-0.39, 0.29) is 15.7 Å². The number of non-ortho nitro benzene ring substituents is 1. The Balaban J connectivity index is 1.59. The van der Waals surface area contributed by atoms with Gasteiger partial charge in [-0.2, -0.15) is 0 Å². The Morgan fingerprint density at radius 2 is 1.68 bits per heavy atom. The number of nitrogens with zero attached hydrogens (tertiary/aromatic N) is 2. The van der Waals surface area contributed by atoms with E-state index in [1.54, 1.807) is 35.7 Å². The van der Waals surface area contributed by atoms with Crippen LogP contribution in [0.1, 0.15) is 0 Å². The van der Waals surface area contributed by atoms with Crippen LogP contribution in [0.2, 0.25) is 0 Å². The first-order valence-electron chi connectivity index (χ1n) is 8.14. The Labute approximate surface area is 164 Å². The maximum atomic E-state index is 12.7. The van der Waals surface area contributed by atoms with E-state index in [4.69, 9.17) is 0 Å². The van der Waals surface area contributed by atoms with Crippen molar-refractivity contribution in [3.8, 4) is 11.3 Å². The van der Waals surface area contributed by atoms with E-state index < -0.39 is 14.9 Å². The summed E-state index contributed by atoms with van der Waals surface area (Å²) < 4.78 is 27.9. The average molecular weight is 411 g/mol. The molecule has 0 unspecified atom stereocenters. The molecule has 0 amide bonds. The third-order valence-electron chi connectivity index (χ3n) is 4.13. The van der Waals surface area contributed by atoms with Crippen molar-refractivity contribution < 1.29 is 13.3 Å². The molecule has 9 heteroatoms. The van der Waals surface area contributed by atoms with Crippen LogP contribution in [0.4, 0.5) is 10.8 Å². The lowest BCUT2D eigenvalue weighted by atomic mass is 10.1. The van der Waals surface area contributed by atoms with Gasteiger partial charge in [-0.3, -0.25) is 14.8 Å².